The Balaban J connectivity index is 2.03. The molecule has 3 aromatic rings. The topological polar surface area (TPSA) is 56.5 Å². The summed E-state index contributed by atoms with van der Waals surface area (Å²) >= 11 is 11.3. The van der Waals surface area contributed by atoms with Crippen LogP contribution in [0.25, 0.3) is 17.2 Å². The minimum absolute atomic E-state index is 0.114. The predicted octanol–water partition coefficient (Wildman–Crippen LogP) is 3.17. The SMILES string of the molecule is Fc1c(Cl)nc(-c2cnn(-c3ccccc3)n2)nc1Cl. The van der Waals surface area contributed by atoms with Crippen molar-refractivity contribution in [1.82, 2.24) is 25.0 Å². The summed E-state index contributed by atoms with van der Waals surface area (Å²) in [6, 6.07) is 9.29. The number of hydrogen-bond donors (Lipinski definition) is 0. The van der Waals surface area contributed by atoms with Crippen LogP contribution in [0.5, 0.6) is 0 Å². The van der Waals surface area contributed by atoms with Crippen LogP contribution in [0.2, 0.25) is 10.3 Å². The average Bonchev–Trinajstić information content (AvgIpc) is 2.95. The van der Waals surface area contributed by atoms with Crippen molar-refractivity contribution < 1.29 is 4.39 Å². The van der Waals surface area contributed by atoms with Crippen molar-refractivity contribution in [1.29, 1.82) is 0 Å². The highest BCUT2D eigenvalue weighted by Gasteiger charge is 2.15. The quantitative estimate of drug-likeness (QED) is 0.682. The summed E-state index contributed by atoms with van der Waals surface area (Å²) in [7, 11) is 0. The lowest BCUT2D eigenvalue weighted by molar-refractivity contribution is 0.615. The molecular weight excluding hydrogens is 304 g/mol. The van der Waals surface area contributed by atoms with Crippen LogP contribution in [0.3, 0.4) is 0 Å². The first-order valence-corrected chi connectivity index (χ1v) is 6.27. The fourth-order valence-corrected chi connectivity index (χ4v) is 1.95. The highest BCUT2D eigenvalue weighted by molar-refractivity contribution is 6.33. The maximum atomic E-state index is 13.3. The van der Waals surface area contributed by atoms with Crippen LogP contribution in [-0.4, -0.2) is 25.0 Å². The second-order valence-electron chi connectivity index (χ2n) is 3.80. The lowest BCUT2D eigenvalue weighted by Gasteiger charge is -2.00. The fourth-order valence-electron chi connectivity index (χ4n) is 1.56. The van der Waals surface area contributed by atoms with Gasteiger partial charge in [-0.2, -0.15) is 9.90 Å². The van der Waals surface area contributed by atoms with Crippen molar-refractivity contribution in [2.45, 2.75) is 0 Å². The summed E-state index contributed by atoms with van der Waals surface area (Å²) in [4.78, 5) is 8.99. The lowest BCUT2D eigenvalue weighted by Crippen LogP contribution is -1.99. The molecule has 0 fully saturated rings. The van der Waals surface area contributed by atoms with Crippen molar-refractivity contribution in [3.63, 3.8) is 0 Å². The average molecular weight is 310 g/mol. The van der Waals surface area contributed by atoms with Gasteiger partial charge >= 0.3 is 0 Å². The fraction of sp³-hybridized carbons (Fsp3) is 0. The van der Waals surface area contributed by atoms with Crippen molar-refractivity contribution in [2.75, 3.05) is 0 Å². The van der Waals surface area contributed by atoms with Gasteiger partial charge in [0.1, 0.15) is 0 Å². The molecule has 0 saturated heterocycles. The highest BCUT2D eigenvalue weighted by Crippen LogP contribution is 2.22. The number of halogens is 3. The van der Waals surface area contributed by atoms with E-state index in [2.05, 4.69) is 20.2 Å². The summed E-state index contributed by atoms with van der Waals surface area (Å²) in [6.07, 6.45) is 1.45. The Morgan fingerprint density at radius 2 is 1.65 bits per heavy atom. The van der Waals surface area contributed by atoms with Crippen molar-refractivity contribution >= 4 is 23.2 Å². The molecule has 0 unspecified atom stereocenters. The smallest absolute Gasteiger partial charge is 0.197 e. The van der Waals surface area contributed by atoms with Gasteiger partial charge < -0.3 is 0 Å². The summed E-state index contributed by atoms with van der Waals surface area (Å²) in [5, 5.41) is 7.59. The Morgan fingerprint density at radius 3 is 2.30 bits per heavy atom. The van der Waals surface area contributed by atoms with Crippen LogP contribution in [0.15, 0.2) is 36.5 Å². The van der Waals surface area contributed by atoms with E-state index in [0.29, 0.717) is 5.69 Å². The summed E-state index contributed by atoms with van der Waals surface area (Å²) in [5.74, 6) is -0.740. The van der Waals surface area contributed by atoms with Gasteiger partial charge in [-0.1, -0.05) is 41.4 Å². The van der Waals surface area contributed by atoms with Gasteiger partial charge in [0.2, 0.25) is 0 Å². The summed E-state index contributed by atoms with van der Waals surface area (Å²) in [5.41, 5.74) is 1.12. The van der Waals surface area contributed by atoms with E-state index >= 15 is 0 Å². The van der Waals surface area contributed by atoms with Crippen LogP contribution in [0, 0.1) is 5.82 Å². The van der Waals surface area contributed by atoms with Gasteiger partial charge in [-0.25, -0.2) is 14.4 Å². The molecule has 0 aliphatic carbocycles. The molecule has 8 heteroatoms. The number of nitrogens with zero attached hydrogens (tertiary/aromatic N) is 5. The third-order valence-electron chi connectivity index (χ3n) is 2.48. The molecule has 3 rings (SSSR count). The molecule has 100 valence electrons. The van der Waals surface area contributed by atoms with Crippen LogP contribution in [-0.2, 0) is 0 Å². The van der Waals surface area contributed by atoms with E-state index in [-0.39, 0.29) is 16.1 Å². The number of aromatic nitrogens is 5. The highest BCUT2D eigenvalue weighted by atomic mass is 35.5. The normalized spacial score (nSPS) is 10.8. The maximum Gasteiger partial charge on any atom is 0.197 e. The van der Waals surface area contributed by atoms with Gasteiger partial charge in [0, 0.05) is 0 Å². The predicted molar refractivity (Wildman–Crippen MR) is 72.4 cm³/mol. The van der Waals surface area contributed by atoms with Gasteiger partial charge in [0.05, 0.1) is 11.9 Å². The molecular formula is C12H6Cl2FN5. The van der Waals surface area contributed by atoms with Gasteiger partial charge in [-0.05, 0) is 12.1 Å². The number of rotatable bonds is 2. The molecule has 0 spiro atoms. The van der Waals surface area contributed by atoms with Gasteiger partial charge in [0.15, 0.2) is 27.6 Å². The zero-order chi connectivity index (χ0) is 14.1. The van der Waals surface area contributed by atoms with E-state index < -0.39 is 5.82 Å². The largest absolute Gasteiger partial charge is 0.211 e. The number of para-hydroxylation sites is 1. The summed E-state index contributed by atoms with van der Waals surface area (Å²) in [6.45, 7) is 0. The first-order valence-electron chi connectivity index (χ1n) is 5.52. The van der Waals surface area contributed by atoms with E-state index in [0.717, 1.165) is 5.69 Å². The maximum absolute atomic E-state index is 13.3. The third kappa shape index (κ3) is 2.35. The third-order valence-corrected chi connectivity index (χ3v) is 2.98. The van der Waals surface area contributed by atoms with Crippen LogP contribution in [0.4, 0.5) is 4.39 Å². The van der Waals surface area contributed by atoms with Crippen LogP contribution >= 0.6 is 23.2 Å². The first kappa shape index (κ1) is 13.0. The molecule has 0 N–H and O–H groups in total. The molecule has 0 radical (unpaired) electrons. The molecule has 0 atom stereocenters. The molecule has 2 aromatic heterocycles. The molecule has 2 heterocycles. The van der Waals surface area contributed by atoms with E-state index in [9.17, 15) is 4.39 Å². The van der Waals surface area contributed by atoms with Crippen molar-refractivity contribution in [2.24, 2.45) is 0 Å². The molecule has 0 aliphatic rings. The van der Waals surface area contributed by atoms with E-state index in [4.69, 9.17) is 23.2 Å². The molecule has 1 aromatic carbocycles. The second-order valence-corrected chi connectivity index (χ2v) is 4.51. The monoisotopic (exact) mass is 309 g/mol. The minimum atomic E-state index is -0.854. The van der Waals surface area contributed by atoms with Gasteiger partial charge in [0.25, 0.3) is 0 Å². The minimum Gasteiger partial charge on any atom is -0.211 e. The Hall–Kier alpha value is -2.05. The van der Waals surface area contributed by atoms with Crippen LogP contribution in [0.1, 0.15) is 0 Å². The Bertz CT molecular complexity index is 737. The lowest BCUT2D eigenvalue weighted by atomic mass is 10.3. The molecule has 0 bridgehead atoms. The zero-order valence-electron chi connectivity index (χ0n) is 9.83. The number of benzene rings is 1. The second kappa shape index (κ2) is 5.15. The molecule has 0 amide bonds. The van der Waals surface area contributed by atoms with Crippen molar-refractivity contribution in [3.05, 3.63) is 52.7 Å². The van der Waals surface area contributed by atoms with Crippen molar-refractivity contribution in [3.8, 4) is 17.2 Å². The molecule has 0 aliphatic heterocycles. The summed E-state index contributed by atoms with van der Waals surface area (Å²) < 4.78 is 13.3. The van der Waals surface area contributed by atoms with E-state index in [1.807, 2.05) is 30.3 Å². The van der Waals surface area contributed by atoms with Gasteiger partial charge in [-0.15, -0.1) is 5.10 Å². The van der Waals surface area contributed by atoms with E-state index in [1.54, 1.807) is 0 Å². The number of hydrogen-bond acceptors (Lipinski definition) is 4. The molecule has 20 heavy (non-hydrogen) atoms. The standard InChI is InChI=1S/C12H6Cl2FN5/c13-10-9(15)11(14)18-12(17-10)8-6-16-20(19-8)7-4-2-1-3-5-7/h1-6H. The van der Waals surface area contributed by atoms with Crippen LogP contribution < -0.4 is 0 Å². The van der Waals surface area contributed by atoms with Gasteiger partial charge in [-0.3, -0.25) is 0 Å². The zero-order valence-corrected chi connectivity index (χ0v) is 11.3. The Labute approximate surface area is 123 Å². The Kier molecular flexibility index (Phi) is 3.33. The molecule has 5 nitrogen and oxygen atoms in total. The first-order chi connectivity index (χ1) is 9.65. The Morgan fingerprint density at radius 1 is 1.00 bits per heavy atom. The van der Waals surface area contributed by atoms with E-state index in [1.165, 1.54) is 11.0 Å². The molecule has 0 saturated carbocycles.